The van der Waals surface area contributed by atoms with Crippen molar-refractivity contribution in [1.29, 1.82) is 10.5 Å². The molecular formula is C32H30F2N8O6S4. The zero-order valence-electron chi connectivity index (χ0n) is 27.3. The van der Waals surface area contributed by atoms with E-state index in [1.807, 2.05) is 22.9 Å². The summed E-state index contributed by atoms with van der Waals surface area (Å²) in [4.78, 5) is 26.9. The Morgan fingerprint density at radius 2 is 1.12 bits per heavy atom. The van der Waals surface area contributed by atoms with E-state index in [1.54, 1.807) is 24.3 Å². The highest BCUT2D eigenvalue weighted by molar-refractivity contribution is 7.87. The molecule has 2 aromatic carbocycles. The standard InChI is InChI=1S/2C16H15FN4O3S2/c2*1-21-14(8-13(20-26(21,23)24)15-3-2-6-25-15)16(22)19-11-4-5-12(17)10(7-11)9-18/h2*2-7,13-14,20H,8H2,1H3,(H,19,22)/t13-,14+;/m1./s1. The SMILES string of the molecule is CN1C(C(=O)Nc2ccc(F)c(C#N)c2)CC(c2cccs2)NS1(=O)=O.CN1[C@H](C(=O)Nc2ccc(F)c(C#N)c2)C[C@H](c2cccs2)NS1(=O)=O. The van der Waals surface area contributed by atoms with E-state index >= 15 is 0 Å². The van der Waals surface area contributed by atoms with Gasteiger partial charge in [-0.2, -0.15) is 45.4 Å². The van der Waals surface area contributed by atoms with Crippen molar-refractivity contribution in [3.8, 4) is 12.1 Å². The maximum Gasteiger partial charge on any atom is 0.280 e. The Balaban J connectivity index is 0.000000201. The molecule has 4 aromatic rings. The van der Waals surface area contributed by atoms with Crippen LogP contribution in [0.5, 0.6) is 0 Å². The summed E-state index contributed by atoms with van der Waals surface area (Å²) in [6.07, 6.45) is 0.489. The van der Waals surface area contributed by atoms with Gasteiger partial charge in [-0.3, -0.25) is 9.59 Å². The van der Waals surface area contributed by atoms with Crippen LogP contribution < -0.4 is 20.1 Å². The zero-order valence-corrected chi connectivity index (χ0v) is 30.5. The molecule has 0 radical (unpaired) electrons. The lowest BCUT2D eigenvalue weighted by Gasteiger charge is -2.35. The van der Waals surface area contributed by atoms with Crippen LogP contribution in [0.1, 0.15) is 45.8 Å². The number of nitrogens with zero attached hydrogens (tertiary/aromatic N) is 4. The number of benzene rings is 2. The number of hydrogen-bond donors (Lipinski definition) is 4. The van der Waals surface area contributed by atoms with Gasteiger partial charge in [0.1, 0.15) is 35.9 Å². The molecule has 6 rings (SSSR count). The molecule has 2 unspecified atom stereocenters. The molecule has 0 spiro atoms. The molecule has 0 bridgehead atoms. The van der Waals surface area contributed by atoms with E-state index in [4.69, 9.17) is 10.5 Å². The van der Waals surface area contributed by atoms with Gasteiger partial charge >= 0.3 is 0 Å². The number of halogens is 2. The minimum absolute atomic E-state index is 0.203. The topological polar surface area (TPSA) is 205 Å². The number of likely N-dealkylation sites (N-methyl/N-ethyl adjacent to an activating group) is 2. The Morgan fingerprint density at radius 1 is 0.731 bits per heavy atom. The molecule has 0 saturated carbocycles. The number of amides is 2. The number of anilines is 2. The summed E-state index contributed by atoms with van der Waals surface area (Å²) in [5.74, 6) is -2.47. The number of hydrogen-bond acceptors (Lipinski definition) is 10. The van der Waals surface area contributed by atoms with Crippen LogP contribution in [0.3, 0.4) is 0 Å². The van der Waals surface area contributed by atoms with Crippen molar-refractivity contribution in [2.45, 2.75) is 37.0 Å². The molecule has 4 heterocycles. The average Bonchev–Trinajstić information content (AvgIpc) is 3.85. The number of carbonyl (C=O) groups is 2. The van der Waals surface area contributed by atoms with Crippen LogP contribution in [0, 0.1) is 34.3 Å². The summed E-state index contributed by atoms with van der Waals surface area (Å²) in [7, 11) is -5.01. The molecule has 4 atom stereocenters. The van der Waals surface area contributed by atoms with E-state index in [-0.39, 0.29) is 35.3 Å². The lowest BCUT2D eigenvalue weighted by molar-refractivity contribution is -0.120. The fraction of sp³-hybridized carbons (Fsp3) is 0.250. The van der Waals surface area contributed by atoms with Crippen molar-refractivity contribution in [3.05, 3.63) is 104 Å². The maximum absolute atomic E-state index is 13.4. The quantitative estimate of drug-likeness (QED) is 0.225. The predicted octanol–water partition coefficient (Wildman–Crippen LogP) is 3.95. The first-order chi connectivity index (χ1) is 24.6. The summed E-state index contributed by atoms with van der Waals surface area (Å²) < 4.78 is 83.3. The Morgan fingerprint density at radius 3 is 1.44 bits per heavy atom. The summed E-state index contributed by atoms with van der Waals surface area (Å²) in [5, 5.41) is 26.5. The van der Waals surface area contributed by atoms with E-state index in [9.17, 15) is 35.2 Å². The highest BCUT2D eigenvalue weighted by atomic mass is 32.2. The van der Waals surface area contributed by atoms with Gasteiger partial charge < -0.3 is 10.6 Å². The Bertz CT molecular complexity index is 2100. The number of nitrogens with one attached hydrogen (secondary N) is 4. The first kappa shape index (κ1) is 38.6. The van der Waals surface area contributed by atoms with Gasteiger partial charge in [-0.25, -0.2) is 8.78 Å². The van der Waals surface area contributed by atoms with Crippen molar-refractivity contribution >= 4 is 66.3 Å². The van der Waals surface area contributed by atoms with Crippen LogP contribution in [-0.2, 0) is 30.0 Å². The zero-order chi connectivity index (χ0) is 37.8. The van der Waals surface area contributed by atoms with Crippen LogP contribution in [0.4, 0.5) is 20.2 Å². The van der Waals surface area contributed by atoms with Gasteiger partial charge in [0, 0.05) is 35.2 Å². The van der Waals surface area contributed by atoms with E-state index in [2.05, 4.69) is 20.1 Å². The summed E-state index contributed by atoms with van der Waals surface area (Å²) in [6.45, 7) is 0. The molecular weight excluding hydrogens is 759 g/mol. The molecule has 20 heteroatoms. The molecule has 272 valence electrons. The van der Waals surface area contributed by atoms with Gasteiger partial charge in [0.05, 0.1) is 23.2 Å². The van der Waals surface area contributed by atoms with Crippen molar-refractivity contribution in [2.24, 2.45) is 0 Å². The normalized spacial score (nSPS) is 22.5. The third-order valence-corrected chi connectivity index (χ3v) is 13.4. The van der Waals surface area contributed by atoms with E-state index in [0.29, 0.717) is 0 Å². The van der Waals surface area contributed by atoms with Gasteiger partial charge in [0.2, 0.25) is 11.8 Å². The van der Waals surface area contributed by atoms with E-state index in [0.717, 1.165) is 30.5 Å². The molecule has 2 amide bonds. The number of nitriles is 2. The minimum Gasteiger partial charge on any atom is -0.325 e. The Hall–Kier alpha value is -4.64. The third-order valence-electron chi connectivity index (χ3n) is 8.22. The first-order valence-corrected chi connectivity index (χ1v) is 19.9. The second-order valence-corrected chi connectivity index (χ2v) is 17.0. The molecule has 4 N–H and O–H groups in total. The van der Waals surface area contributed by atoms with Gasteiger partial charge in [0.25, 0.3) is 20.4 Å². The average molecular weight is 789 g/mol. The number of rotatable bonds is 6. The molecule has 2 fully saturated rings. The monoisotopic (exact) mass is 788 g/mol. The number of thiophene rings is 2. The lowest BCUT2D eigenvalue weighted by Crippen LogP contribution is -2.55. The summed E-state index contributed by atoms with van der Waals surface area (Å²) in [6, 6.07) is 14.9. The van der Waals surface area contributed by atoms with Gasteiger partial charge in [-0.1, -0.05) is 12.1 Å². The molecule has 2 saturated heterocycles. The lowest BCUT2D eigenvalue weighted by atomic mass is 10.1. The van der Waals surface area contributed by atoms with Crippen molar-refractivity contribution in [2.75, 3.05) is 24.7 Å². The Kier molecular flexibility index (Phi) is 11.8. The highest BCUT2D eigenvalue weighted by Crippen LogP contribution is 2.32. The fourth-order valence-corrected chi connectivity index (χ4v) is 9.66. The van der Waals surface area contributed by atoms with Crippen LogP contribution in [0.25, 0.3) is 0 Å². The smallest absolute Gasteiger partial charge is 0.280 e. The summed E-state index contributed by atoms with van der Waals surface area (Å²) >= 11 is 2.80. The molecule has 2 aliphatic heterocycles. The second-order valence-electron chi connectivity index (χ2n) is 11.5. The second kappa shape index (κ2) is 15.9. The fourth-order valence-electron chi connectivity index (χ4n) is 5.40. The molecule has 2 aromatic heterocycles. The van der Waals surface area contributed by atoms with Gasteiger partial charge in [0.15, 0.2) is 0 Å². The highest BCUT2D eigenvalue weighted by Gasteiger charge is 2.42. The van der Waals surface area contributed by atoms with Gasteiger partial charge in [-0.15, -0.1) is 22.7 Å². The van der Waals surface area contributed by atoms with Crippen LogP contribution in [0.15, 0.2) is 71.4 Å². The largest absolute Gasteiger partial charge is 0.325 e. The van der Waals surface area contributed by atoms with Crippen molar-refractivity contribution < 1.29 is 35.2 Å². The summed E-state index contributed by atoms with van der Waals surface area (Å²) in [5.41, 5.74) is 0.0472. The van der Waals surface area contributed by atoms with E-state index < -0.39 is 68.0 Å². The van der Waals surface area contributed by atoms with Crippen LogP contribution in [0.2, 0.25) is 0 Å². The molecule has 0 aliphatic carbocycles. The van der Waals surface area contributed by atoms with E-state index in [1.165, 1.54) is 61.0 Å². The minimum atomic E-state index is -3.83. The number of carbonyl (C=O) groups excluding carboxylic acids is 2. The molecule has 52 heavy (non-hydrogen) atoms. The molecule has 2 aliphatic rings. The molecule has 14 nitrogen and oxygen atoms in total. The van der Waals surface area contributed by atoms with Crippen molar-refractivity contribution in [3.63, 3.8) is 0 Å². The van der Waals surface area contributed by atoms with Crippen LogP contribution in [-0.4, -0.2) is 63.4 Å². The van der Waals surface area contributed by atoms with Crippen LogP contribution >= 0.6 is 22.7 Å². The van der Waals surface area contributed by atoms with Gasteiger partial charge in [-0.05, 0) is 72.1 Å². The van der Waals surface area contributed by atoms with Crippen molar-refractivity contribution in [1.82, 2.24) is 18.1 Å². The maximum atomic E-state index is 13.4. The Labute approximate surface area is 306 Å². The third kappa shape index (κ3) is 8.69. The predicted molar refractivity (Wildman–Crippen MR) is 190 cm³/mol. The first-order valence-electron chi connectivity index (χ1n) is 15.2.